The smallest absolute Gasteiger partial charge is 0.264 e. The van der Waals surface area contributed by atoms with Crippen molar-refractivity contribution in [2.45, 2.75) is 19.6 Å². The Morgan fingerprint density at radius 1 is 1.41 bits per heavy atom. The Bertz CT molecular complexity index is 563. The predicted octanol–water partition coefficient (Wildman–Crippen LogP) is 2.66. The number of hydrogen-bond donors (Lipinski definition) is 0. The molecule has 0 atom stereocenters. The molecule has 0 aliphatic carbocycles. The van der Waals surface area contributed by atoms with Crippen LogP contribution >= 0.6 is 15.9 Å². The zero-order valence-corrected chi connectivity index (χ0v) is 11.0. The van der Waals surface area contributed by atoms with Gasteiger partial charge in [0.15, 0.2) is 6.29 Å². The molecule has 0 unspecified atom stereocenters. The van der Waals surface area contributed by atoms with Gasteiger partial charge in [-0.2, -0.15) is 0 Å². The number of benzene rings is 1. The highest BCUT2D eigenvalue weighted by atomic mass is 79.9. The van der Waals surface area contributed by atoms with Gasteiger partial charge in [0.05, 0.1) is 18.0 Å². The van der Waals surface area contributed by atoms with Crippen LogP contribution in [0.4, 0.5) is 0 Å². The molecule has 0 N–H and O–H groups in total. The maximum atomic E-state index is 5.44. The Hall–Kier alpha value is -1.11. The summed E-state index contributed by atoms with van der Waals surface area (Å²) in [6, 6.07) is 5.85. The Morgan fingerprint density at radius 3 is 2.82 bits per heavy atom. The second-order valence-corrected chi connectivity index (χ2v) is 4.68. The van der Waals surface area contributed by atoms with Crippen LogP contribution in [0.15, 0.2) is 22.7 Å². The number of methoxy groups -OCH3 is 1. The zero-order chi connectivity index (χ0) is 12.0. The van der Waals surface area contributed by atoms with Gasteiger partial charge in [0, 0.05) is 4.47 Å². The summed E-state index contributed by atoms with van der Waals surface area (Å²) in [6.45, 7) is 1.84. The molecule has 0 radical (unpaired) electrons. The minimum absolute atomic E-state index is 0.183. The minimum atomic E-state index is -0.467. The van der Waals surface area contributed by atoms with E-state index in [1.54, 1.807) is 11.8 Å². The van der Waals surface area contributed by atoms with Gasteiger partial charge in [-0.1, -0.05) is 15.9 Å². The van der Waals surface area contributed by atoms with Crippen molar-refractivity contribution >= 4 is 26.8 Å². The maximum Gasteiger partial charge on any atom is 0.264 e. The molecule has 6 heteroatoms. The lowest BCUT2D eigenvalue weighted by Gasteiger charge is -2.33. The van der Waals surface area contributed by atoms with E-state index in [4.69, 9.17) is 14.2 Å². The molecule has 1 saturated heterocycles. The number of aromatic nitrogens is 2. The molecule has 1 aromatic heterocycles. The van der Waals surface area contributed by atoms with Crippen LogP contribution in [0.25, 0.3) is 10.9 Å². The predicted molar refractivity (Wildman–Crippen MR) is 64.7 cm³/mol. The number of nitrogens with zero attached hydrogens (tertiary/aromatic N) is 2. The van der Waals surface area contributed by atoms with Crippen molar-refractivity contribution in [2.24, 2.45) is 0 Å². The second kappa shape index (κ2) is 3.97. The van der Waals surface area contributed by atoms with Crippen LogP contribution in [0, 0.1) is 0 Å². The van der Waals surface area contributed by atoms with Crippen LogP contribution in [0.2, 0.25) is 0 Å². The highest BCUT2D eigenvalue weighted by Gasteiger charge is 2.31. The summed E-state index contributed by atoms with van der Waals surface area (Å²) in [5.41, 5.74) is 0.910. The fourth-order valence-corrected chi connectivity index (χ4v) is 2.19. The number of halogens is 1. The molecule has 1 fully saturated rings. The van der Waals surface area contributed by atoms with Crippen molar-refractivity contribution in [3.05, 3.63) is 22.7 Å². The first kappa shape index (κ1) is 11.0. The third kappa shape index (κ3) is 1.72. The molecular formula is C11H11BrN2O3. The van der Waals surface area contributed by atoms with E-state index >= 15 is 0 Å². The van der Waals surface area contributed by atoms with E-state index in [1.807, 2.05) is 25.1 Å². The van der Waals surface area contributed by atoms with E-state index in [1.165, 1.54) is 0 Å². The van der Waals surface area contributed by atoms with Crippen molar-refractivity contribution in [3.8, 4) is 5.88 Å². The maximum absolute atomic E-state index is 5.44. The monoisotopic (exact) mass is 298 g/mol. The molecule has 2 heterocycles. The average Bonchev–Trinajstić information content (AvgIpc) is 2.62. The Labute approximate surface area is 106 Å². The van der Waals surface area contributed by atoms with Gasteiger partial charge in [0.2, 0.25) is 5.88 Å². The summed E-state index contributed by atoms with van der Waals surface area (Å²) >= 11 is 3.44. The van der Waals surface area contributed by atoms with E-state index < -0.39 is 6.41 Å². The van der Waals surface area contributed by atoms with Crippen LogP contribution in [0.1, 0.15) is 13.3 Å². The summed E-state index contributed by atoms with van der Waals surface area (Å²) in [4.78, 5) is 0. The molecule has 2 aromatic rings. The van der Waals surface area contributed by atoms with Gasteiger partial charge >= 0.3 is 0 Å². The van der Waals surface area contributed by atoms with E-state index in [-0.39, 0.29) is 6.29 Å². The molecule has 3 rings (SSSR count). The zero-order valence-electron chi connectivity index (χ0n) is 9.38. The first-order valence-electron chi connectivity index (χ1n) is 5.21. The Morgan fingerprint density at radius 2 is 2.18 bits per heavy atom. The summed E-state index contributed by atoms with van der Waals surface area (Å²) < 4.78 is 18.8. The summed E-state index contributed by atoms with van der Waals surface area (Å²) in [7, 11) is 1.60. The normalized spacial score (nSPS) is 23.7. The topological polar surface area (TPSA) is 45.5 Å². The molecule has 1 aliphatic heterocycles. The van der Waals surface area contributed by atoms with Crippen LogP contribution in [0.3, 0.4) is 0 Å². The molecule has 17 heavy (non-hydrogen) atoms. The molecule has 90 valence electrons. The first-order valence-corrected chi connectivity index (χ1v) is 6.01. The fourth-order valence-electron chi connectivity index (χ4n) is 1.85. The first-order chi connectivity index (χ1) is 8.19. The van der Waals surface area contributed by atoms with Gasteiger partial charge in [-0.25, -0.2) is 4.68 Å². The van der Waals surface area contributed by atoms with Crippen molar-refractivity contribution in [2.75, 3.05) is 7.11 Å². The number of fused-ring (bicyclic) bond motifs is 1. The molecular weight excluding hydrogens is 288 g/mol. The van der Waals surface area contributed by atoms with Crippen molar-refractivity contribution < 1.29 is 14.2 Å². The highest BCUT2D eigenvalue weighted by Crippen LogP contribution is 2.34. The van der Waals surface area contributed by atoms with Crippen molar-refractivity contribution in [3.63, 3.8) is 0 Å². The number of rotatable bonds is 2. The van der Waals surface area contributed by atoms with Gasteiger partial charge in [-0.05, 0) is 25.1 Å². The quantitative estimate of drug-likeness (QED) is 0.855. The number of hydrogen-bond acceptors (Lipinski definition) is 4. The summed E-state index contributed by atoms with van der Waals surface area (Å²) in [5, 5.41) is 5.26. The SMILES string of the molecule is COc1nn(C2OC(C)O2)c2cc(Br)ccc12. The van der Waals surface area contributed by atoms with Gasteiger partial charge in [0.25, 0.3) is 6.41 Å². The third-order valence-electron chi connectivity index (χ3n) is 2.64. The van der Waals surface area contributed by atoms with Crippen LogP contribution in [0.5, 0.6) is 5.88 Å². The largest absolute Gasteiger partial charge is 0.479 e. The van der Waals surface area contributed by atoms with Gasteiger partial charge in [-0.15, -0.1) is 5.10 Å². The number of ether oxygens (including phenoxy) is 3. The lowest BCUT2D eigenvalue weighted by atomic mass is 10.2. The standard InChI is InChI=1S/C11H11BrN2O3/c1-6-16-11(17-6)14-9-5-7(12)3-4-8(9)10(13-14)15-2/h3-6,11H,1-2H3. The second-order valence-electron chi connectivity index (χ2n) is 3.76. The van der Waals surface area contributed by atoms with Crippen LogP contribution in [-0.4, -0.2) is 23.2 Å². The lowest BCUT2D eigenvalue weighted by molar-refractivity contribution is -0.414. The van der Waals surface area contributed by atoms with Crippen molar-refractivity contribution in [1.82, 2.24) is 9.78 Å². The van der Waals surface area contributed by atoms with Crippen LogP contribution < -0.4 is 4.74 Å². The molecule has 0 amide bonds. The molecule has 0 spiro atoms. The van der Waals surface area contributed by atoms with Crippen molar-refractivity contribution in [1.29, 1.82) is 0 Å². The summed E-state index contributed by atoms with van der Waals surface area (Å²) in [6.07, 6.45) is -0.650. The van der Waals surface area contributed by atoms with Gasteiger partial charge in [0.1, 0.15) is 0 Å². The lowest BCUT2D eigenvalue weighted by Crippen LogP contribution is -2.36. The molecule has 5 nitrogen and oxygen atoms in total. The fraction of sp³-hybridized carbons (Fsp3) is 0.364. The van der Waals surface area contributed by atoms with Gasteiger partial charge in [-0.3, -0.25) is 0 Å². The third-order valence-corrected chi connectivity index (χ3v) is 3.14. The van der Waals surface area contributed by atoms with Gasteiger partial charge < -0.3 is 14.2 Å². The Balaban J connectivity index is 2.13. The molecule has 0 saturated carbocycles. The Kier molecular flexibility index (Phi) is 2.57. The molecule has 0 bridgehead atoms. The molecule has 1 aromatic carbocycles. The van der Waals surface area contributed by atoms with E-state index in [0.29, 0.717) is 5.88 Å². The van der Waals surface area contributed by atoms with E-state index in [9.17, 15) is 0 Å². The van der Waals surface area contributed by atoms with E-state index in [2.05, 4.69) is 21.0 Å². The minimum Gasteiger partial charge on any atom is -0.479 e. The highest BCUT2D eigenvalue weighted by molar-refractivity contribution is 9.10. The van der Waals surface area contributed by atoms with E-state index in [0.717, 1.165) is 15.4 Å². The summed E-state index contributed by atoms with van der Waals surface area (Å²) in [5.74, 6) is 0.569. The van der Waals surface area contributed by atoms with Crippen LogP contribution in [-0.2, 0) is 9.47 Å². The molecule has 1 aliphatic rings. The average molecular weight is 299 g/mol.